The summed E-state index contributed by atoms with van der Waals surface area (Å²) < 4.78 is 0. The molecule has 0 fully saturated rings. The van der Waals surface area contributed by atoms with Crippen molar-refractivity contribution in [1.29, 1.82) is 0 Å². The average molecular weight is 306 g/mol. The number of fused-ring (bicyclic) bond motifs is 1. The Kier molecular flexibility index (Phi) is 3.34. The van der Waals surface area contributed by atoms with Gasteiger partial charge in [0.1, 0.15) is 0 Å². The Morgan fingerprint density at radius 3 is 2.75 bits per heavy atom. The van der Waals surface area contributed by atoms with Crippen LogP contribution in [0.25, 0.3) is 10.9 Å². The van der Waals surface area contributed by atoms with E-state index in [1.165, 1.54) is 0 Å². The number of halogens is 2. The molecule has 20 heavy (non-hydrogen) atoms. The van der Waals surface area contributed by atoms with E-state index < -0.39 is 0 Å². The molecule has 1 amide bonds. The summed E-state index contributed by atoms with van der Waals surface area (Å²) in [6, 6.07) is 12.3. The Hall–Kier alpha value is -2.04. The molecule has 0 spiro atoms. The van der Waals surface area contributed by atoms with E-state index in [4.69, 9.17) is 23.2 Å². The van der Waals surface area contributed by atoms with Gasteiger partial charge in [-0.3, -0.25) is 9.89 Å². The van der Waals surface area contributed by atoms with E-state index in [0.717, 1.165) is 10.9 Å². The van der Waals surface area contributed by atoms with Crippen LogP contribution in [0.5, 0.6) is 0 Å². The number of H-pyrrole nitrogens is 1. The number of aromatic amines is 1. The van der Waals surface area contributed by atoms with Gasteiger partial charge >= 0.3 is 0 Å². The van der Waals surface area contributed by atoms with Gasteiger partial charge < -0.3 is 5.32 Å². The Bertz CT molecular complexity index is 798. The molecule has 6 heteroatoms. The number of anilines is 1. The monoisotopic (exact) mass is 305 g/mol. The van der Waals surface area contributed by atoms with Crippen LogP contribution in [0.1, 0.15) is 10.5 Å². The van der Waals surface area contributed by atoms with E-state index >= 15 is 0 Å². The Labute approximate surface area is 124 Å². The van der Waals surface area contributed by atoms with E-state index in [1.807, 2.05) is 24.3 Å². The van der Waals surface area contributed by atoms with Gasteiger partial charge in [0.05, 0.1) is 16.2 Å². The molecule has 2 N–H and O–H groups in total. The van der Waals surface area contributed by atoms with Crippen molar-refractivity contribution < 1.29 is 4.79 Å². The van der Waals surface area contributed by atoms with Gasteiger partial charge in [-0.2, -0.15) is 5.10 Å². The zero-order chi connectivity index (χ0) is 14.1. The summed E-state index contributed by atoms with van der Waals surface area (Å²) in [7, 11) is 0. The molecule has 0 aliphatic heterocycles. The van der Waals surface area contributed by atoms with Crippen LogP contribution in [-0.4, -0.2) is 16.1 Å². The standard InChI is InChI=1S/C14H9Cl2N3O/c15-8-5-6-12(10(16)7-8)17-14(20)13-9-3-1-2-4-11(9)18-19-13/h1-7H,(H,17,20)(H,18,19). The van der Waals surface area contributed by atoms with Gasteiger partial charge in [-0.05, 0) is 24.3 Å². The lowest BCUT2D eigenvalue weighted by molar-refractivity contribution is 0.102. The van der Waals surface area contributed by atoms with Crippen LogP contribution >= 0.6 is 23.2 Å². The molecular formula is C14H9Cl2N3O. The number of para-hydroxylation sites is 1. The van der Waals surface area contributed by atoms with Gasteiger partial charge in [0.15, 0.2) is 5.69 Å². The highest BCUT2D eigenvalue weighted by molar-refractivity contribution is 6.36. The average Bonchev–Trinajstić information content (AvgIpc) is 2.86. The SMILES string of the molecule is O=C(Nc1ccc(Cl)cc1Cl)c1n[nH]c2ccccc12. The van der Waals surface area contributed by atoms with E-state index in [9.17, 15) is 4.79 Å². The molecule has 3 rings (SSSR count). The first-order valence-corrected chi connectivity index (χ1v) is 6.60. The molecule has 1 aromatic heterocycles. The summed E-state index contributed by atoms with van der Waals surface area (Å²) in [5.41, 5.74) is 1.62. The maximum Gasteiger partial charge on any atom is 0.276 e. The van der Waals surface area contributed by atoms with Gasteiger partial charge in [-0.25, -0.2) is 0 Å². The van der Waals surface area contributed by atoms with Crippen LogP contribution in [0.2, 0.25) is 10.0 Å². The van der Waals surface area contributed by atoms with Gasteiger partial charge in [0.25, 0.3) is 5.91 Å². The highest BCUT2D eigenvalue weighted by atomic mass is 35.5. The molecule has 0 radical (unpaired) electrons. The minimum absolute atomic E-state index is 0.326. The van der Waals surface area contributed by atoms with Crippen molar-refractivity contribution in [2.75, 3.05) is 5.32 Å². The molecular weight excluding hydrogens is 297 g/mol. The number of rotatable bonds is 2. The molecule has 0 atom stereocenters. The van der Waals surface area contributed by atoms with E-state index in [1.54, 1.807) is 18.2 Å². The van der Waals surface area contributed by atoms with E-state index in [-0.39, 0.29) is 5.91 Å². The van der Waals surface area contributed by atoms with Crippen LogP contribution in [-0.2, 0) is 0 Å². The van der Waals surface area contributed by atoms with Crippen LogP contribution in [0.4, 0.5) is 5.69 Å². The second-order valence-corrected chi connectivity index (χ2v) is 5.04. The van der Waals surface area contributed by atoms with Gasteiger partial charge in [-0.1, -0.05) is 41.4 Å². The molecule has 0 unspecified atom stereocenters. The Morgan fingerprint density at radius 2 is 1.95 bits per heavy atom. The Morgan fingerprint density at radius 1 is 1.15 bits per heavy atom. The second-order valence-electron chi connectivity index (χ2n) is 4.20. The summed E-state index contributed by atoms with van der Waals surface area (Å²) in [6.45, 7) is 0. The fourth-order valence-electron chi connectivity index (χ4n) is 1.91. The predicted molar refractivity (Wildman–Crippen MR) is 80.5 cm³/mol. The quantitative estimate of drug-likeness (QED) is 0.748. The minimum Gasteiger partial charge on any atom is -0.319 e. The number of amides is 1. The summed E-state index contributed by atoms with van der Waals surface area (Å²) in [6.07, 6.45) is 0. The maximum absolute atomic E-state index is 12.2. The number of benzene rings is 2. The van der Waals surface area contributed by atoms with E-state index in [2.05, 4.69) is 15.5 Å². The lowest BCUT2D eigenvalue weighted by Crippen LogP contribution is -2.13. The number of carbonyl (C=O) groups is 1. The zero-order valence-electron chi connectivity index (χ0n) is 10.2. The lowest BCUT2D eigenvalue weighted by Gasteiger charge is -2.06. The number of hydrogen-bond acceptors (Lipinski definition) is 2. The molecule has 0 aliphatic rings. The molecule has 100 valence electrons. The first-order chi connectivity index (χ1) is 9.65. The molecule has 0 saturated heterocycles. The van der Waals surface area contributed by atoms with Crippen molar-refractivity contribution in [2.45, 2.75) is 0 Å². The number of aromatic nitrogens is 2. The van der Waals surface area contributed by atoms with Crippen LogP contribution in [0.3, 0.4) is 0 Å². The highest BCUT2D eigenvalue weighted by Gasteiger charge is 2.15. The molecule has 4 nitrogen and oxygen atoms in total. The van der Waals surface area contributed by atoms with Gasteiger partial charge in [0.2, 0.25) is 0 Å². The predicted octanol–water partition coefficient (Wildman–Crippen LogP) is 4.12. The first-order valence-electron chi connectivity index (χ1n) is 5.84. The fraction of sp³-hybridized carbons (Fsp3) is 0. The van der Waals surface area contributed by atoms with Crippen LogP contribution in [0, 0.1) is 0 Å². The topological polar surface area (TPSA) is 57.8 Å². The molecule has 3 aromatic rings. The third-order valence-electron chi connectivity index (χ3n) is 2.86. The summed E-state index contributed by atoms with van der Waals surface area (Å²) in [5.74, 6) is -0.327. The lowest BCUT2D eigenvalue weighted by atomic mass is 10.2. The van der Waals surface area contributed by atoms with Crippen LogP contribution in [0.15, 0.2) is 42.5 Å². The molecule has 0 aliphatic carbocycles. The zero-order valence-corrected chi connectivity index (χ0v) is 11.7. The Balaban J connectivity index is 1.93. The third kappa shape index (κ3) is 2.35. The van der Waals surface area contributed by atoms with Gasteiger partial charge in [-0.15, -0.1) is 0 Å². The molecule has 1 heterocycles. The van der Waals surface area contributed by atoms with Crippen molar-refractivity contribution in [3.8, 4) is 0 Å². The summed E-state index contributed by atoms with van der Waals surface area (Å²) >= 11 is 11.8. The maximum atomic E-state index is 12.2. The van der Waals surface area contributed by atoms with E-state index in [0.29, 0.717) is 21.4 Å². The van der Waals surface area contributed by atoms with Gasteiger partial charge in [0, 0.05) is 10.4 Å². The van der Waals surface area contributed by atoms with Crippen molar-refractivity contribution in [2.24, 2.45) is 0 Å². The number of nitrogens with one attached hydrogen (secondary N) is 2. The minimum atomic E-state index is -0.327. The number of hydrogen-bond donors (Lipinski definition) is 2. The molecule has 0 saturated carbocycles. The van der Waals surface area contributed by atoms with Crippen molar-refractivity contribution in [3.05, 3.63) is 58.2 Å². The number of nitrogens with zero attached hydrogens (tertiary/aromatic N) is 1. The second kappa shape index (κ2) is 5.15. The normalized spacial score (nSPS) is 10.7. The largest absolute Gasteiger partial charge is 0.319 e. The van der Waals surface area contributed by atoms with Crippen LogP contribution < -0.4 is 5.32 Å². The molecule has 0 bridgehead atoms. The molecule has 2 aromatic carbocycles. The smallest absolute Gasteiger partial charge is 0.276 e. The van der Waals surface area contributed by atoms with Crippen molar-refractivity contribution >= 4 is 45.7 Å². The third-order valence-corrected chi connectivity index (χ3v) is 3.41. The fourth-order valence-corrected chi connectivity index (χ4v) is 2.36. The van der Waals surface area contributed by atoms with Crippen molar-refractivity contribution in [1.82, 2.24) is 10.2 Å². The number of carbonyl (C=O) groups excluding carboxylic acids is 1. The summed E-state index contributed by atoms with van der Waals surface area (Å²) in [5, 5.41) is 11.2. The highest BCUT2D eigenvalue weighted by Crippen LogP contribution is 2.26. The first kappa shape index (κ1) is 13.0. The van der Waals surface area contributed by atoms with Crippen molar-refractivity contribution in [3.63, 3.8) is 0 Å². The summed E-state index contributed by atoms with van der Waals surface area (Å²) in [4.78, 5) is 12.2.